The molecule has 9 heavy (non-hydrogen) atoms. The Labute approximate surface area is 83.3 Å². The number of nitrogens with zero attached hydrogens (tertiary/aromatic N) is 3. The normalized spacial score (nSPS) is 8.67. The smallest absolute Gasteiger partial charge is 0.417 e. The van der Waals surface area contributed by atoms with Crippen molar-refractivity contribution in [3.63, 3.8) is 0 Å². The summed E-state index contributed by atoms with van der Waals surface area (Å²) >= 11 is 1.50. The third-order valence-corrected chi connectivity index (χ3v) is 1.26. The first-order valence-corrected chi connectivity index (χ1v) is 3.43. The molecule has 0 aliphatic rings. The van der Waals surface area contributed by atoms with Crippen LogP contribution in [0.1, 0.15) is 5.82 Å². The molecular weight excluding hydrogens is 211 g/mol. The van der Waals surface area contributed by atoms with E-state index >= 15 is 0 Å². The van der Waals surface area contributed by atoms with Crippen LogP contribution < -0.4 is 5.10 Å². The number of aryl methyl sites for hydroxylation is 1. The topological polar surface area (TPSA) is 39.9 Å². The maximum absolute atomic E-state index is 3.97. The second kappa shape index (κ2) is 4.42. The SMILES string of the molecule is CSc1n[n-]c(C)n1.[Y+3]. The first-order valence-electron chi connectivity index (χ1n) is 2.21. The van der Waals surface area contributed by atoms with Gasteiger partial charge in [0.25, 0.3) is 0 Å². The van der Waals surface area contributed by atoms with Crippen LogP contribution in [0.15, 0.2) is 5.16 Å². The molecule has 0 atom stereocenters. The summed E-state index contributed by atoms with van der Waals surface area (Å²) in [5, 5.41) is 8.19. The van der Waals surface area contributed by atoms with Crippen LogP contribution in [-0.4, -0.2) is 16.3 Å². The summed E-state index contributed by atoms with van der Waals surface area (Å²) in [5.41, 5.74) is 0. The first kappa shape index (κ1) is 9.59. The molecule has 0 saturated heterocycles. The van der Waals surface area contributed by atoms with Crippen LogP contribution in [0.4, 0.5) is 0 Å². The van der Waals surface area contributed by atoms with E-state index < -0.39 is 0 Å². The fourth-order valence-electron chi connectivity index (χ4n) is 0.385. The number of rotatable bonds is 1. The van der Waals surface area contributed by atoms with Gasteiger partial charge in [0.15, 0.2) is 0 Å². The Balaban J connectivity index is 0.000000640. The molecule has 0 aliphatic heterocycles. The minimum Gasteiger partial charge on any atom is -0.417 e. The van der Waals surface area contributed by atoms with Crippen molar-refractivity contribution < 1.29 is 32.7 Å². The summed E-state index contributed by atoms with van der Waals surface area (Å²) in [5.74, 6) is 0.745. The molecule has 1 heterocycles. The molecule has 0 radical (unpaired) electrons. The van der Waals surface area contributed by atoms with Crippen molar-refractivity contribution in [1.82, 2.24) is 15.2 Å². The van der Waals surface area contributed by atoms with E-state index in [4.69, 9.17) is 0 Å². The monoisotopic (exact) mass is 217 g/mol. The van der Waals surface area contributed by atoms with Gasteiger partial charge < -0.3 is 10.1 Å². The molecule has 0 spiro atoms. The summed E-state index contributed by atoms with van der Waals surface area (Å²) in [6.07, 6.45) is 1.93. The molecule has 0 aliphatic carbocycles. The zero-order valence-electron chi connectivity index (χ0n) is 5.33. The Kier molecular flexibility index (Phi) is 4.71. The van der Waals surface area contributed by atoms with Gasteiger partial charge in [0, 0.05) is 0 Å². The van der Waals surface area contributed by atoms with Crippen molar-refractivity contribution in [2.75, 3.05) is 6.26 Å². The average molecular weight is 217 g/mol. The minimum atomic E-state index is 0. The van der Waals surface area contributed by atoms with Gasteiger partial charge in [0.2, 0.25) is 0 Å². The maximum Gasteiger partial charge on any atom is 3.00 e. The minimum absolute atomic E-state index is 0. The zero-order chi connectivity index (χ0) is 5.98. The van der Waals surface area contributed by atoms with Crippen molar-refractivity contribution in [3.05, 3.63) is 5.82 Å². The first-order chi connectivity index (χ1) is 3.83. The predicted molar refractivity (Wildman–Crippen MR) is 31.9 cm³/mol. The van der Waals surface area contributed by atoms with E-state index in [0.717, 1.165) is 11.0 Å². The molecule has 0 bridgehead atoms. The molecule has 0 unspecified atom stereocenters. The quantitative estimate of drug-likeness (QED) is 0.641. The Morgan fingerprint density at radius 3 is 2.44 bits per heavy atom. The summed E-state index contributed by atoms with van der Waals surface area (Å²) in [6.45, 7) is 1.83. The third kappa shape index (κ3) is 2.78. The summed E-state index contributed by atoms with van der Waals surface area (Å²) < 4.78 is 0. The van der Waals surface area contributed by atoms with Crippen molar-refractivity contribution in [2.24, 2.45) is 0 Å². The van der Waals surface area contributed by atoms with E-state index in [-0.39, 0.29) is 32.7 Å². The second-order valence-corrected chi connectivity index (χ2v) is 2.12. The number of hydrogen-bond acceptors (Lipinski definition) is 3. The van der Waals surface area contributed by atoms with Crippen LogP contribution in [0.2, 0.25) is 0 Å². The van der Waals surface area contributed by atoms with E-state index in [0.29, 0.717) is 0 Å². The predicted octanol–water partition coefficient (Wildman–Crippen LogP) is 0.462. The molecule has 3 nitrogen and oxygen atoms in total. The van der Waals surface area contributed by atoms with Crippen LogP contribution in [0.5, 0.6) is 0 Å². The van der Waals surface area contributed by atoms with E-state index in [9.17, 15) is 0 Å². The van der Waals surface area contributed by atoms with E-state index in [1.807, 2.05) is 13.2 Å². The van der Waals surface area contributed by atoms with Crippen molar-refractivity contribution in [2.45, 2.75) is 12.1 Å². The average Bonchev–Trinajstić information content (AvgIpc) is 2.14. The van der Waals surface area contributed by atoms with Crippen molar-refractivity contribution in [3.8, 4) is 0 Å². The van der Waals surface area contributed by atoms with Crippen LogP contribution in [-0.2, 0) is 32.7 Å². The van der Waals surface area contributed by atoms with Crippen LogP contribution in [0.3, 0.4) is 0 Å². The van der Waals surface area contributed by atoms with Crippen molar-refractivity contribution in [1.29, 1.82) is 0 Å². The number of thioether (sulfide) groups is 1. The molecule has 1 aromatic heterocycles. The molecule has 0 N–H and O–H groups in total. The molecule has 0 aromatic carbocycles. The van der Waals surface area contributed by atoms with Crippen LogP contribution in [0, 0.1) is 6.92 Å². The third-order valence-electron chi connectivity index (χ3n) is 0.720. The maximum atomic E-state index is 3.97. The molecule has 0 amide bonds. The van der Waals surface area contributed by atoms with E-state index in [1.165, 1.54) is 11.8 Å². The van der Waals surface area contributed by atoms with Gasteiger partial charge in [-0.05, 0) is 13.2 Å². The van der Waals surface area contributed by atoms with Gasteiger partial charge in [0.1, 0.15) is 0 Å². The van der Waals surface area contributed by atoms with Crippen LogP contribution >= 0.6 is 11.8 Å². The molecule has 5 heteroatoms. The Morgan fingerprint density at radius 2 is 2.22 bits per heavy atom. The van der Waals surface area contributed by atoms with Gasteiger partial charge in [-0.15, -0.1) is 11.8 Å². The van der Waals surface area contributed by atoms with Crippen molar-refractivity contribution >= 4 is 11.8 Å². The van der Waals surface area contributed by atoms with Crippen LogP contribution in [0.25, 0.3) is 0 Å². The molecule has 0 saturated carbocycles. The molecule has 0 fully saturated rings. The van der Waals surface area contributed by atoms with Gasteiger partial charge in [-0.2, -0.15) is 0 Å². The van der Waals surface area contributed by atoms with Gasteiger partial charge in [0.05, 0.1) is 5.16 Å². The molecular formula is C4H6N3SY+2. The molecule has 1 rings (SSSR count). The van der Waals surface area contributed by atoms with E-state index in [1.54, 1.807) is 0 Å². The fraction of sp³-hybridized carbons (Fsp3) is 0.500. The van der Waals surface area contributed by atoms with E-state index in [2.05, 4.69) is 15.2 Å². The Bertz CT molecular complexity index is 176. The number of aromatic nitrogens is 3. The summed E-state index contributed by atoms with van der Waals surface area (Å²) in [4.78, 5) is 3.97. The molecule has 44 valence electrons. The fourth-order valence-corrected chi connectivity index (χ4v) is 0.731. The Hall–Kier alpha value is 0.594. The Morgan fingerprint density at radius 1 is 1.56 bits per heavy atom. The summed E-state index contributed by atoms with van der Waals surface area (Å²) in [7, 11) is 0. The second-order valence-electron chi connectivity index (χ2n) is 1.35. The standard InChI is InChI=1S/C4H6N3S.Y/c1-3-5-4(8-2)7-6-3;/h1-2H3;/q-1;+3. The largest absolute Gasteiger partial charge is 3.00 e. The number of hydrogen-bond donors (Lipinski definition) is 0. The van der Waals surface area contributed by atoms with Gasteiger partial charge >= 0.3 is 32.7 Å². The van der Waals surface area contributed by atoms with Gasteiger partial charge in [-0.25, -0.2) is 0 Å². The zero-order valence-corrected chi connectivity index (χ0v) is 8.98. The van der Waals surface area contributed by atoms with Gasteiger partial charge in [-0.1, -0.05) is 5.82 Å². The summed E-state index contributed by atoms with van der Waals surface area (Å²) in [6, 6.07) is 0. The van der Waals surface area contributed by atoms with Gasteiger partial charge in [-0.3, -0.25) is 5.10 Å². The molecule has 1 aromatic rings.